The van der Waals surface area contributed by atoms with Gasteiger partial charge in [-0.25, -0.2) is 4.39 Å². The van der Waals surface area contributed by atoms with E-state index < -0.39 is 0 Å². The zero-order chi connectivity index (χ0) is 9.52. The van der Waals surface area contributed by atoms with Crippen molar-refractivity contribution < 1.29 is 4.39 Å². The number of hydrogen-bond donors (Lipinski definition) is 1. The standard InChI is InChI=1S/C10H11FN2/c11-9-3-5-10(6-4-9)13-8-2-1-7-12/h3-6,13H,1-2,8H2. The Kier molecular flexibility index (Phi) is 3.77. The summed E-state index contributed by atoms with van der Waals surface area (Å²) in [6.07, 6.45) is 1.36. The molecule has 1 rings (SSSR count). The Morgan fingerprint density at radius 3 is 2.62 bits per heavy atom. The van der Waals surface area contributed by atoms with Gasteiger partial charge in [0.05, 0.1) is 6.07 Å². The third kappa shape index (κ3) is 3.57. The minimum absolute atomic E-state index is 0.234. The minimum atomic E-state index is -0.234. The number of anilines is 1. The summed E-state index contributed by atoms with van der Waals surface area (Å²) in [5.41, 5.74) is 0.888. The lowest BCUT2D eigenvalue weighted by atomic mass is 10.3. The van der Waals surface area contributed by atoms with Crippen molar-refractivity contribution in [2.45, 2.75) is 12.8 Å². The van der Waals surface area contributed by atoms with E-state index in [1.165, 1.54) is 12.1 Å². The lowest BCUT2D eigenvalue weighted by molar-refractivity contribution is 0.628. The van der Waals surface area contributed by atoms with Crippen molar-refractivity contribution in [3.63, 3.8) is 0 Å². The van der Waals surface area contributed by atoms with E-state index in [-0.39, 0.29) is 5.82 Å². The van der Waals surface area contributed by atoms with Crippen LogP contribution in [-0.2, 0) is 0 Å². The van der Waals surface area contributed by atoms with Gasteiger partial charge in [-0.15, -0.1) is 0 Å². The predicted octanol–water partition coefficient (Wildman–Crippen LogP) is 2.54. The molecule has 0 unspecified atom stereocenters. The summed E-state index contributed by atoms with van der Waals surface area (Å²) in [5, 5.41) is 11.4. The van der Waals surface area contributed by atoms with Gasteiger partial charge in [-0.05, 0) is 30.7 Å². The van der Waals surface area contributed by atoms with E-state index in [0.717, 1.165) is 18.7 Å². The van der Waals surface area contributed by atoms with Gasteiger partial charge < -0.3 is 5.32 Å². The normalized spacial score (nSPS) is 9.23. The molecule has 0 aromatic heterocycles. The molecule has 1 aromatic rings. The van der Waals surface area contributed by atoms with Gasteiger partial charge in [-0.3, -0.25) is 0 Å². The highest BCUT2D eigenvalue weighted by Crippen LogP contribution is 2.07. The van der Waals surface area contributed by atoms with E-state index >= 15 is 0 Å². The maximum Gasteiger partial charge on any atom is 0.123 e. The van der Waals surface area contributed by atoms with Gasteiger partial charge >= 0.3 is 0 Å². The number of benzene rings is 1. The van der Waals surface area contributed by atoms with Gasteiger partial charge in [-0.2, -0.15) is 5.26 Å². The van der Waals surface area contributed by atoms with Crippen LogP contribution < -0.4 is 5.32 Å². The summed E-state index contributed by atoms with van der Waals surface area (Å²) in [7, 11) is 0. The second-order valence-electron chi connectivity index (χ2n) is 2.70. The summed E-state index contributed by atoms with van der Waals surface area (Å²) < 4.78 is 12.5. The molecule has 1 aromatic carbocycles. The fraction of sp³-hybridized carbons (Fsp3) is 0.300. The van der Waals surface area contributed by atoms with Crippen LogP contribution in [0.1, 0.15) is 12.8 Å². The van der Waals surface area contributed by atoms with Crippen molar-refractivity contribution in [2.24, 2.45) is 0 Å². The molecule has 0 aliphatic carbocycles. The lowest BCUT2D eigenvalue weighted by Crippen LogP contribution is -2.00. The number of unbranched alkanes of at least 4 members (excludes halogenated alkanes) is 1. The largest absolute Gasteiger partial charge is 0.385 e. The fourth-order valence-corrected chi connectivity index (χ4v) is 0.968. The van der Waals surface area contributed by atoms with Crippen molar-refractivity contribution in [2.75, 3.05) is 11.9 Å². The van der Waals surface area contributed by atoms with Gasteiger partial charge in [0.15, 0.2) is 0 Å². The third-order valence-corrected chi connectivity index (χ3v) is 1.64. The average molecular weight is 178 g/mol. The van der Waals surface area contributed by atoms with Crippen molar-refractivity contribution in [1.82, 2.24) is 0 Å². The number of nitrogens with one attached hydrogen (secondary N) is 1. The summed E-state index contributed by atoms with van der Waals surface area (Å²) >= 11 is 0. The Labute approximate surface area is 77.0 Å². The molecule has 0 bridgehead atoms. The Balaban J connectivity index is 2.30. The van der Waals surface area contributed by atoms with Crippen LogP contribution in [0, 0.1) is 17.1 Å². The van der Waals surface area contributed by atoms with Gasteiger partial charge in [-0.1, -0.05) is 0 Å². The second kappa shape index (κ2) is 5.15. The Morgan fingerprint density at radius 1 is 1.31 bits per heavy atom. The molecule has 0 spiro atoms. The van der Waals surface area contributed by atoms with Crippen molar-refractivity contribution >= 4 is 5.69 Å². The van der Waals surface area contributed by atoms with Gasteiger partial charge in [0.1, 0.15) is 5.82 Å². The smallest absolute Gasteiger partial charge is 0.123 e. The van der Waals surface area contributed by atoms with E-state index in [0.29, 0.717) is 6.42 Å². The minimum Gasteiger partial charge on any atom is -0.385 e. The molecule has 3 heteroatoms. The molecule has 0 heterocycles. The van der Waals surface area contributed by atoms with Crippen molar-refractivity contribution in [3.05, 3.63) is 30.1 Å². The Hall–Kier alpha value is -1.56. The topological polar surface area (TPSA) is 35.8 Å². The van der Waals surface area contributed by atoms with Crippen LogP contribution in [0.5, 0.6) is 0 Å². The zero-order valence-corrected chi connectivity index (χ0v) is 7.26. The Morgan fingerprint density at radius 2 is 2.00 bits per heavy atom. The van der Waals surface area contributed by atoms with E-state index in [1.807, 2.05) is 0 Å². The maximum absolute atomic E-state index is 12.5. The molecule has 0 atom stereocenters. The molecule has 0 aliphatic rings. The van der Waals surface area contributed by atoms with E-state index in [9.17, 15) is 4.39 Å². The first kappa shape index (κ1) is 9.53. The maximum atomic E-state index is 12.5. The highest BCUT2D eigenvalue weighted by molar-refractivity contribution is 5.42. The summed E-state index contributed by atoms with van der Waals surface area (Å²) in [5.74, 6) is -0.234. The van der Waals surface area contributed by atoms with E-state index in [2.05, 4.69) is 11.4 Å². The highest BCUT2D eigenvalue weighted by Gasteiger charge is 1.91. The lowest BCUT2D eigenvalue weighted by Gasteiger charge is -2.03. The number of nitriles is 1. The first-order valence-electron chi connectivity index (χ1n) is 4.19. The van der Waals surface area contributed by atoms with Gasteiger partial charge in [0.2, 0.25) is 0 Å². The molecule has 1 N–H and O–H groups in total. The quantitative estimate of drug-likeness (QED) is 0.719. The molecule has 0 radical (unpaired) electrons. The fourth-order valence-electron chi connectivity index (χ4n) is 0.968. The second-order valence-corrected chi connectivity index (χ2v) is 2.70. The molecular weight excluding hydrogens is 167 g/mol. The van der Waals surface area contributed by atoms with Crippen LogP contribution in [0.3, 0.4) is 0 Å². The molecule has 0 amide bonds. The molecule has 0 fully saturated rings. The highest BCUT2D eigenvalue weighted by atomic mass is 19.1. The van der Waals surface area contributed by atoms with E-state index in [1.54, 1.807) is 12.1 Å². The van der Waals surface area contributed by atoms with Crippen molar-refractivity contribution in [1.29, 1.82) is 5.26 Å². The van der Waals surface area contributed by atoms with Crippen LogP contribution >= 0.6 is 0 Å². The van der Waals surface area contributed by atoms with Crippen LogP contribution in [-0.4, -0.2) is 6.54 Å². The first-order valence-corrected chi connectivity index (χ1v) is 4.19. The number of halogens is 1. The van der Waals surface area contributed by atoms with Crippen LogP contribution in [0.4, 0.5) is 10.1 Å². The van der Waals surface area contributed by atoms with Gasteiger partial charge in [0, 0.05) is 18.7 Å². The monoisotopic (exact) mass is 178 g/mol. The van der Waals surface area contributed by atoms with Gasteiger partial charge in [0.25, 0.3) is 0 Å². The molecule has 0 aliphatic heterocycles. The molecule has 68 valence electrons. The summed E-state index contributed by atoms with van der Waals surface area (Å²) in [4.78, 5) is 0. The van der Waals surface area contributed by atoms with Crippen LogP contribution in [0.25, 0.3) is 0 Å². The molecule has 13 heavy (non-hydrogen) atoms. The third-order valence-electron chi connectivity index (χ3n) is 1.64. The Bertz CT molecular complexity index is 287. The number of nitrogens with zero attached hydrogens (tertiary/aromatic N) is 1. The molecule has 0 saturated heterocycles. The zero-order valence-electron chi connectivity index (χ0n) is 7.26. The summed E-state index contributed by atoms with van der Waals surface area (Å²) in [6.45, 7) is 0.749. The number of rotatable bonds is 4. The predicted molar refractivity (Wildman–Crippen MR) is 49.7 cm³/mol. The molecular formula is C10H11FN2. The molecule has 0 saturated carbocycles. The van der Waals surface area contributed by atoms with Crippen LogP contribution in [0.15, 0.2) is 24.3 Å². The summed E-state index contributed by atoms with van der Waals surface area (Å²) in [6, 6.07) is 8.25. The first-order chi connectivity index (χ1) is 6.33. The molecule has 2 nitrogen and oxygen atoms in total. The SMILES string of the molecule is N#CCCCNc1ccc(F)cc1. The van der Waals surface area contributed by atoms with E-state index in [4.69, 9.17) is 5.26 Å². The number of hydrogen-bond acceptors (Lipinski definition) is 2. The average Bonchev–Trinajstić information content (AvgIpc) is 2.15. The van der Waals surface area contributed by atoms with Crippen LogP contribution in [0.2, 0.25) is 0 Å². The van der Waals surface area contributed by atoms with Crippen molar-refractivity contribution in [3.8, 4) is 6.07 Å².